The van der Waals surface area contributed by atoms with Gasteiger partial charge in [-0.05, 0) is 0 Å². The fraction of sp³-hybridized carbons (Fsp3) is 0.125. The largest absolute Gasteiger partial charge is 0.489 e. The van der Waals surface area contributed by atoms with Crippen molar-refractivity contribution in [1.29, 1.82) is 0 Å². The van der Waals surface area contributed by atoms with E-state index in [1.807, 2.05) is 0 Å². The maximum absolute atomic E-state index is 11.3. The topological polar surface area (TPSA) is 114 Å². The first-order valence-corrected chi connectivity index (χ1v) is 3.65. The quantitative estimate of drug-likeness (QED) is 0.730. The van der Waals surface area contributed by atoms with Crippen LogP contribution in [-0.4, -0.2) is 29.3 Å². The lowest BCUT2D eigenvalue weighted by Gasteiger charge is -2.02. The van der Waals surface area contributed by atoms with Gasteiger partial charge >= 0.3 is 11.9 Å². The first-order valence-electron chi connectivity index (χ1n) is 3.65. The van der Waals surface area contributed by atoms with E-state index in [9.17, 15) is 14.4 Å². The maximum atomic E-state index is 11.3. The normalized spacial score (nSPS) is 9.67. The molecule has 0 aliphatic heterocycles. The van der Waals surface area contributed by atoms with Gasteiger partial charge in [-0.2, -0.15) is 0 Å². The molecule has 0 radical (unpaired) electrons. The van der Waals surface area contributed by atoms with Crippen LogP contribution in [0.4, 0.5) is 0 Å². The number of aromatic carboxylic acids is 2. The smallest absolute Gasteiger partial charge is 0.375 e. The number of hydrogen-bond acceptors (Lipinski definition) is 5. The highest BCUT2D eigenvalue weighted by molar-refractivity contribution is 5.91. The number of hydrogen-bond donors (Lipinski definition) is 2. The number of methoxy groups -OCH3 is 1. The molecule has 1 aromatic heterocycles. The fourth-order valence-corrected chi connectivity index (χ4v) is 0.931. The van der Waals surface area contributed by atoms with Gasteiger partial charge < -0.3 is 19.4 Å². The van der Waals surface area contributed by atoms with Gasteiger partial charge in [-0.1, -0.05) is 0 Å². The number of carbonyl (C=O) groups is 2. The molecule has 0 saturated heterocycles. The molecule has 0 atom stereocenters. The van der Waals surface area contributed by atoms with Gasteiger partial charge in [-0.3, -0.25) is 4.79 Å². The van der Waals surface area contributed by atoms with Gasteiger partial charge in [0.15, 0.2) is 0 Å². The molecule has 1 aromatic rings. The van der Waals surface area contributed by atoms with Crippen molar-refractivity contribution in [3.8, 4) is 5.75 Å². The summed E-state index contributed by atoms with van der Waals surface area (Å²) in [5, 5.41) is 17.1. The lowest BCUT2D eigenvalue weighted by atomic mass is 10.2. The summed E-state index contributed by atoms with van der Waals surface area (Å²) in [6.45, 7) is 0. The Labute approximate surface area is 82.5 Å². The summed E-state index contributed by atoms with van der Waals surface area (Å²) in [5.74, 6) is -4.39. The number of ether oxygens (including phenoxy) is 1. The van der Waals surface area contributed by atoms with Gasteiger partial charge in [0, 0.05) is 0 Å². The Bertz CT molecular complexity index is 470. The van der Waals surface area contributed by atoms with Crippen LogP contribution in [0.3, 0.4) is 0 Å². The molecule has 0 aliphatic carbocycles. The Balaban J connectivity index is 3.53. The van der Waals surface area contributed by atoms with Crippen LogP contribution in [0, 0.1) is 0 Å². The molecule has 7 nitrogen and oxygen atoms in total. The zero-order valence-corrected chi connectivity index (χ0v) is 7.51. The van der Waals surface area contributed by atoms with E-state index in [2.05, 4.69) is 9.15 Å². The molecule has 1 rings (SSSR count). The van der Waals surface area contributed by atoms with Gasteiger partial charge in [-0.25, -0.2) is 9.59 Å². The van der Waals surface area contributed by atoms with Crippen molar-refractivity contribution in [1.82, 2.24) is 0 Å². The molecule has 80 valence electrons. The second kappa shape index (κ2) is 3.82. The van der Waals surface area contributed by atoms with Crippen LogP contribution in [0.2, 0.25) is 0 Å². The van der Waals surface area contributed by atoms with Crippen molar-refractivity contribution in [3.63, 3.8) is 0 Å². The van der Waals surface area contributed by atoms with Crippen LogP contribution in [-0.2, 0) is 0 Å². The molecule has 0 bridgehead atoms. The average Bonchev–Trinajstić information content (AvgIpc) is 2.16. The summed E-state index contributed by atoms with van der Waals surface area (Å²) < 4.78 is 8.96. The summed E-state index contributed by atoms with van der Waals surface area (Å²) in [5.41, 5.74) is -1.72. The maximum Gasteiger partial charge on any atom is 0.375 e. The first kappa shape index (κ1) is 10.8. The highest BCUT2D eigenvalue weighted by Crippen LogP contribution is 2.13. The summed E-state index contributed by atoms with van der Waals surface area (Å²) in [4.78, 5) is 32.4. The van der Waals surface area contributed by atoms with Crippen LogP contribution in [0.25, 0.3) is 0 Å². The molecule has 0 aliphatic rings. The average molecular weight is 214 g/mol. The van der Waals surface area contributed by atoms with E-state index >= 15 is 0 Å². The van der Waals surface area contributed by atoms with Gasteiger partial charge in [0.2, 0.25) is 11.2 Å². The van der Waals surface area contributed by atoms with Crippen molar-refractivity contribution in [2.24, 2.45) is 0 Å². The third kappa shape index (κ3) is 1.80. The Morgan fingerprint density at radius 3 is 2.33 bits per heavy atom. The molecule has 7 heteroatoms. The fourth-order valence-electron chi connectivity index (χ4n) is 0.931. The summed E-state index contributed by atoms with van der Waals surface area (Å²) >= 11 is 0. The molecule has 0 amide bonds. The van der Waals surface area contributed by atoms with E-state index in [1.165, 1.54) is 0 Å². The van der Waals surface area contributed by atoms with Crippen molar-refractivity contribution >= 4 is 11.9 Å². The minimum Gasteiger partial charge on any atom is -0.489 e. The standard InChI is InChI=1S/C8H6O7/c1-14-5-4(9)3(7(10)11)2-15-6(5)8(12)13/h2H,1H3,(H,10,11)(H,12,13). The van der Waals surface area contributed by atoms with Gasteiger partial charge in [0.05, 0.1) is 7.11 Å². The zero-order chi connectivity index (χ0) is 11.6. The van der Waals surface area contributed by atoms with Crippen LogP contribution >= 0.6 is 0 Å². The second-order valence-electron chi connectivity index (χ2n) is 2.45. The molecule has 1 heterocycles. The summed E-state index contributed by atoms with van der Waals surface area (Å²) in [6, 6.07) is 0. The molecule has 0 fully saturated rings. The van der Waals surface area contributed by atoms with Crippen molar-refractivity contribution in [2.75, 3.05) is 7.11 Å². The van der Waals surface area contributed by atoms with E-state index < -0.39 is 34.4 Å². The predicted octanol–water partition coefficient (Wildman–Crippen LogP) is 0.0448. The van der Waals surface area contributed by atoms with Gasteiger partial charge in [0.25, 0.3) is 5.76 Å². The lowest BCUT2D eigenvalue weighted by molar-refractivity contribution is 0.0638. The van der Waals surface area contributed by atoms with E-state index in [4.69, 9.17) is 10.2 Å². The van der Waals surface area contributed by atoms with Gasteiger partial charge in [0.1, 0.15) is 11.8 Å². The summed E-state index contributed by atoms with van der Waals surface area (Å²) in [7, 11) is 1.05. The lowest BCUT2D eigenvalue weighted by Crippen LogP contribution is -2.19. The molecule has 0 unspecified atom stereocenters. The van der Waals surface area contributed by atoms with E-state index in [0.29, 0.717) is 6.26 Å². The second-order valence-corrected chi connectivity index (χ2v) is 2.45. The molecular formula is C8H6O7. The highest BCUT2D eigenvalue weighted by Gasteiger charge is 2.22. The first-order chi connectivity index (χ1) is 6.99. The van der Waals surface area contributed by atoms with Crippen LogP contribution in [0.5, 0.6) is 5.75 Å². The van der Waals surface area contributed by atoms with E-state index in [0.717, 1.165) is 7.11 Å². The predicted molar refractivity (Wildman–Crippen MR) is 45.4 cm³/mol. The number of carboxylic acids is 2. The van der Waals surface area contributed by atoms with Crippen molar-refractivity contribution in [2.45, 2.75) is 0 Å². The molecule has 0 spiro atoms. The Morgan fingerprint density at radius 1 is 1.33 bits per heavy atom. The molecule has 15 heavy (non-hydrogen) atoms. The number of rotatable bonds is 3. The minimum atomic E-state index is -1.51. The van der Waals surface area contributed by atoms with E-state index in [-0.39, 0.29) is 0 Å². The molecule has 0 aromatic carbocycles. The highest BCUT2D eigenvalue weighted by atomic mass is 16.5. The zero-order valence-electron chi connectivity index (χ0n) is 7.51. The monoisotopic (exact) mass is 214 g/mol. The number of carboxylic acid groups (broad SMARTS) is 2. The molecular weight excluding hydrogens is 208 g/mol. The molecule has 0 saturated carbocycles. The minimum absolute atomic E-state index is 0.566. The Kier molecular flexibility index (Phi) is 2.75. The SMILES string of the molecule is COc1c(C(=O)O)occ(C(=O)O)c1=O. The van der Waals surface area contributed by atoms with Crippen LogP contribution in [0.1, 0.15) is 20.9 Å². The summed E-state index contributed by atoms with van der Waals surface area (Å²) in [6.07, 6.45) is 0.566. The molecule has 2 N–H and O–H groups in total. The van der Waals surface area contributed by atoms with Crippen LogP contribution < -0.4 is 10.2 Å². The van der Waals surface area contributed by atoms with E-state index in [1.54, 1.807) is 0 Å². The van der Waals surface area contributed by atoms with Gasteiger partial charge in [-0.15, -0.1) is 0 Å². The van der Waals surface area contributed by atoms with Crippen LogP contribution in [0.15, 0.2) is 15.5 Å². The third-order valence-corrected chi connectivity index (χ3v) is 1.58. The van der Waals surface area contributed by atoms with Crippen molar-refractivity contribution in [3.05, 3.63) is 27.8 Å². The van der Waals surface area contributed by atoms with Crippen molar-refractivity contribution < 1.29 is 29.0 Å². The Morgan fingerprint density at radius 2 is 1.93 bits per heavy atom. The third-order valence-electron chi connectivity index (χ3n) is 1.58. The Hall–Kier alpha value is -2.31.